The lowest BCUT2D eigenvalue weighted by Crippen LogP contribution is -2.49. The first kappa shape index (κ1) is 14.0. The first-order valence-corrected chi connectivity index (χ1v) is 7.13. The highest BCUT2D eigenvalue weighted by atomic mass is 16.5. The minimum atomic E-state index is -0.205. The van der Waals surface area contributed by atoms with Gasteiger partial charge >= 0.3 is 0 Å². The lowest BCUT2D eigenvalue weighted by Gasteiger charge is -2.35. The van der Waals surface area contributed by atoms with Crippen LogP contribution in [0, 0.1) is 5.92 Å². The highest BCUT2D eigenvalue weighted by Gasteiger charge is 2.29. The monoisotopic (exact) mass is 255 g/mol. The molecule has 0 amide bonds. The van der Waals surface area contributed by atoms with Crippen molar-refractivity contribution in [3.05, 3.63) is 0 Å². The Morgan fingerprint density at radius 3 is 2.67 bits per heavy atom. The standard InChI is InChI=1S/C14H25NO3/c1-11(2)15-5-8-18-14(10-15)13(16)9-12-3-6-17-7-4-12/h11-12,14H,3-10H2,1-2H3. The molecule has 2 aliphatic rings. The van der Waals surface area contributed by atoms with Gasteiger partial charge in [-0.1, -0.05) is 0 Å². The second-order valence-electron chi connectivity index (χ2n) is 5.67. The van der Waals surface area contributed by atoms with Crippen LogP contribution in [0.25, 0.3) is 0 Å². The Morgan fingerprint density at radius 1 is 1.28 bits per heavy atom. The first-order chi connectivity index (χ1) is 8.66. The molecule has 4 nitrogen and oxygen atoms in total. The van der Waals surface area contributed by atoms with Gasteiger partial charge in [0.1, 0.15) is 6.10 Å². The zero-order valence-electron chi connectivity index (χ0n) is 11.6. The van der Waals surface area contributed by atoms with Gasteiger partial charge in [-0.05, 0) is 32.6 Å². The van der Waals surface area contributed by atoms with Crippen molar-refractivity contribution in [3.8, 4) is 0 Å². The molecular formula is C14H25NO3. The van der Waals surface area contributed by atoms with Gasteiger partial charge in [-0.2, -0.15) is 0 Å². The van der Waals surface area contributed by atoms with Crippen molar-refractivity contribution in [2.24, 2.45) is 5.92 Å². The molecule has 0 radical (unpaired) electrons. The van der Waals surface area contributed by atoms with Crippen molar-refractivity contribution in [3.63, 3.8) is 0 Å². The van der Waals surface area contributed by atoms with Gasteiger partial charge in [0.25, 0.3) is 0 Å². The van der Waals surface area contributed by atoms with E-state index in [1.807, 2.05) is 0 Å². The number of hydrogen-bond acceptors (Lipinski definition) is 4. The van der Waals surface area contributed by atoms with Crippen LogP contribution in [0.2, 0.25) is 0 Å². The summed E-state index contributed by atoms with van der Waals surface area (Å²) in [5.74, 6) is 0.788. The van der Waals surface area contributed by atoms with E-state index < -0.39 is 0 Å². The Kier molecular flexibility index (Phi) is 5.15. The number of nitrogens with zero attached hydrogens (tertiary/aromatic N) is 1. The van der Waals surface area contributed by atoms with E-state index in [0.717, 1.165) is 39.1 Å². The molecule has 1 atom stereocenters. The normalized spacial score (nSPS) is 27.6. The van der Waals surface area contributed by atoms with Crippen LogP contribution < -0.4 is 0 Å². The number of ketones is 1. The zero-order valence-corrected chi connectivity index (χ0v) is 11.6. The molecule has 2 rings (SSSR count). The number of hydrogen-bond donors (Lipinski definition) is 0. The maximum atomic E-state index is 12.2. The van der Waals surface area contributed by atoms with Crippen LogP contribution in [0.15, 0.2) is 0 Å². The molecule has 0 N–H and O–H groups in total. The van der Waals surface area contributed by atoms with Gasteiger partial charge in [0, 0.05) is 38.8 Å². The van der Waals surface area contributed by atoms with Gasteiger partial charge < -0.3 is 9.47 Å². The molecule has 4 heteroatoms. The SMILES string of the molecule is CC(C)N1CCOC(C(=O)CC2CCOCC2)C1. The van der Waals surface area contributed by atoms with E-state index in [-0.39, 0.29) is 11.9 Å². The molecule has 0 bridgehead atoms. The molecule has 0 saturated carbocycles. The second-order valence-corrected chi connectivity index (χ2v) is 5.67. The Labute approximate surface area is 110 Å². The number of Topliss-reactive ketones (excluding diaryl/α,β-unsaturated/α-hetero) is 1. The molecule has 2 saturated heterocycles. The van der Waals surface area contributed by atoms with Crippen LogP contribution in [0.1, 0.15) is 33.1 Å². The summed E-state index contributed by atoms with van der Waals surface area (Å²) in [5, 5.41) is 0. The van der Waals surface area contributed by atoms with Crippen LogP contribution in [-0.4, -0.2) is 55.7 Å². The van der Waals surface area contributed by atoms with Gasteiger partial charge in [-0.25, -0.2) is 0 Å². The fourth-order valence-corrected chi connectivity index (χ4v) is 2.70. The van der Waals surface area contributed by atoms with Gasteiger partial charge in [0.2, 0.25) is 0 Å². The molecule has 0 spiro atoms. The number of rotatable bonds is 4. The summed E-state index contributed by atoms with van der Waals surface area (Å²) in [6.45, 7) is 8.35. The minimum Gasteiger partial charge on any atom is -0.381 e. The zero-order chi connectivity index (χ0) is 13.0. The molecule has 2 heterocycles. The molecule has 0 aromatic rings. The van der Waals surface area contributed by atoms with Crippen molar-refractivity contribution >= 4 is 5.78 Å². The molecule has 104 valence electrons. The van der Waals surface area contributed by atoms with E-state index in [9.17, 15) is 4.79 Å². The van der Waals surface area contributed by atoms with Crippen LogP contribution in [0.4, 0.5) is 0 Å². The summed E-state index contributed by atoms with van der Waals surface area (Å²) in [5.41, 5.74) is 0. The third kappa shape index (κ3) is 3.77. The predicted octanol–water partition coefficient (Wildman–Crippen LogP) is 1.48. The summed E-state index contributed by atoms with van der Waals surface area (Å²) in [7, 11) is 0. The third-order valence-electron chi connectivity index (χ3n) is 4.02. The summed E-state index contributed by atoms with van der Waals surface area (Å²) >= 11 is 0. The number of carbonyl (C=O) groups excluding carboxylic acids is 1. The number of morpholine rings is 1. The molecule has 1 unspecified atom stereocenters. The molecular weight excluding hydrogens is 230 g/mol. The summed E-state index contributed by atoms with van der Waals surface area (Å²) in [4.78, 5) is 14.6. The second kappa shape index (κ2) is 6.64. The highest BCUT2D eigenvalue weighted by Crippen LogP contribution is 2.21. The molecule has 0 aromatic carbocycles. The van der Waals surface area contributed by atoms with Gasteiger partial charge in [-0.15, -0.1) is 0 Å². The van der Waals surface area contributed by atoms with Crippen LogP contribution in [0.3, 0.4) is 0 Å². The van der Waals surface area contributed by atoms with Crippen LogP contribution in [-0.2, 0) is 14.3 Å². The van der Waals surface area contributed by atoms with Crippen LogP contribution in [0.5, 0.6) is 0 Å². The van der Waals surface area contributed by atoms with E-state index in [0.29, 0.717) is 25.0 Å². The summed E-state index contributed by atoms with van der Waals surface area (Å²) in [6, 6.07) is 0.493. The highest BCUT2D eigenvalue weighted by molar-refractivity contribution is 5.83. The summed E-state index contributed by atoms with van der Waals surface area (Å²) < 4.78 is 11.0. The Morgan fingerprint density at radius 2 is 2.00 bits per heavy atom. The van der Waals surface area contributed by atoms with Crippen molar-refractivity contribution in [1.29, 1.82) is 0 Å². The van der Waals surface area contributed by atoms with E-state index in [2.05, 4.69) is 18.7 Å². The molecule has 0 aliphatic carbocycles. The average molecular weight is 255 g/mol. The van der Waals surface area contributed by atoms with Crippen molar-refractivity contribution in [2.75, 3.05) is 32.9 Å². The minimum absolute atomic E-state index is 0.205. The molecule has 18 heavy (non-hydrogen) atoms. The van der Waals surface area contributed by atoms with Gasteiger partial charge in [-0.3, -0.25) is 9.69 Å². The Balaban J connectivity index is 1.80. The van der Waals surface area contributed by atoms with E-state index >= 15 is 0 Å². The molecule has 0 aromatic heterocycles. The fourth-order valence-electron chi connectivity index (χ4n) is 2.70. The fraction of sp³-hybridized carbons (Fsp3) is 0.929. The largest absolute Gasteiger partial charge is 0.381 e. The van der Waals surface area contributed by atoms with E-state index in [1.165, 1.54) is 0 Å². The molecule has 2 aliphatic heterocycles. The predicted molar refractivity (Wildman–Crippen MR) is 69.6 cm³/mol. The Hall–Kier alpha value is -0.450. The topological polar surface area (TPSA) is 38.8 Å². The number of carbonyl (C=O) groups is 1. The molecule has 2 fully saturated rings. The smallest absolute Gasteiger partial charge is 0.163 e. The quantitative estimate of drug-likeness (QED) is 0.763. The number of ether oxygens (including phenoxy) is 2. The van der Waals surface area contributed by atoms with E-state index in [4.69, 9.17) is 9.47 Å². The van der Waals surface area contributed by atoms with Crippen LogP contribution >= 0.6 is 0 Å². The third-order valence-corrected chi connectivity index (χ3v) is 4.02. The lowest BCUT2D eigenvalue weighted by atomic mass is 9.92. The van der Waals surface area contributed by atoms with Crippen molar-refractivity contribution in [2.45, 2.75) is 45.3 Å². The first-order valence-electron chi connectivity index (χ1n) is 7.13. The maximum Gasteiger partial charge on any atom is 0.163 e. The summed E-state index contributed by atoms with van der Waals surface area (Å²) in [6.07, 6.45) is 2.50. The maximum absolute atomic E-state index is 12.2. The van der Waals surface area contributed by atoms with Gasteiger partial charge in [0.05, 0.1) is 6.61 Å². The lowest BCUT2D eigenvalue weighted by molar-refractivity contribution is -0.138. The van der Waals surface area contributed by atoms with Gasteiger partial charge in [0.15, 0.2) is 5.78 Å². The average Bonchev–Trinajstić information content (AvgIpc) is 2.40. The van der Waals surface area contributed by atoms with E-state index in [1.54, 1.807) is 0 Å². The van der Waals surface area contributed by atoms with Crippen molar-refractivity contribution < 1.29 is 14.3 Å². The van der Waals surface area contributed by atoms with Crippen molar-refractivity contribution in [1.82, 2.24) is 4.90 Å². The Bertz CT molecular complexity index is 274.